The van der Waals surface area contributed by atoms with Crippen molar-refractivity contribution in [1.82, 2.24) is 20.4 Å². The monoisotopic (exact) mass is 345 g/mol. The van der Waals surface area contributed by atoms with Crippen molar-refractivity contribution in [3.05, 3.63) is 29.4 Å². The van der Waals surface area contributed by atoms with E-state index in [0.29, 0.717) is 24.8 Å². The van der Waals surface area contributed by atoms with Gasteiger partial charge in [0.1, 0.15) is 5.76 Å². The van der Waals surface area contributed by atoms with Gasteiger partial charge in [0, 0.05) is 37.1 Å². The second kappa shape index (κ2) is 7.50. The lowest BCUT2D eigenvalue weighted by Gasteiger charge is -2.19. The third-order valence-corrected chi connectivity index (χ3v) is 4.30. The lowest BCUT2D eigenvalue weighted by atomic mass is 10.1. The smallest absolute Gasteiger partial charge is 0.257 e. The van der Waals surface area contributed by atoms with Gasteiger partial charge in [0.05, 0.1) is 18.7 Å². The maximum absolute atomic E-state index is 12.3. The van der Waals surface area contributed by atoms with Gasteiger partial charge < -0.3 is 19.5 Å². The molecule has 134 valence electrons. The van der Waals surface area contributed by atoms with Crippen LogP contribution in [0.1, 0.15) is 30.4 Å². The number of amides is 1. The summed E-state index contributed by atoms with van der Waals surface area (Å²) in [6, 6.07) is 0.0736. The van der Waals surface area contributed by atoms with Gasteiger partial charge in [-0.1, -0.05) is 5.16 Å². The number of carbonyl (C=O) groups is 1. The maximum atomic E-state index is 12.3. The van der Waals surface area contributed by atoms with Crippen LogP contribution in [-0.4, -0.2) is 46.8 Å². The van der Waals surface area contributed by atoms with Gasteiger partial charge in [-0.05, 0) is 27.2 Å². The molecule has 2 aromatic heterocycles. The Balaban J connectivity index is 1.59. The summed E-state index contributed by atoms with van der Waals surface area (Å²) in [4.78, 5) is 23.0. The van der Waals surface area contributed by atoms with Crippen molar-refractivity contribution in [2.75, 3.05) is 24.6 Å². The zero-order valence-corrected chi connectivity index (χ0v) is 14.8. The summed E-state index contributed by atoms with van der Waals surface area (Å²) in [7, 11) is 0. The third kappa shape index (κ3) is 3.89. The number of nitrogens with zero attached hydrogens (tertiary/aromatic N) is 4. The number of hydrogen-bond acceptors (Lipinski definition) is 7. The third-order valence-electron chi connectivity index (χ3n) is 4.30. The first-order valence-corrected chi connectivity index (χ1v) is 8.48. The van der Waals surface area contributed by atoms with Crippen LogP contribution < -0.4 is 15.0 Å². The van der Waals surface area contributed by atoms with Gasteiger partial charge in [-0.3, -0.25) is 4.79 Å². The van der Waals surface area contributed by atoms with Crippen molar-refractivity contribution in [2.24, 2.45) is 0 Å². The molecule has 0 radical (unpaired) electrons. The van der Waals surface area contributed by atoms with Crippen LogP contribution in [0.15, 0.2) is 16.9 Å². The fourth-order valence-corrected chi connectivity index (χ4v) is 3.04. The number of nitrogens with one attached hydrogen (secondary N) is 1. The number of aromatic nitrogens is 3. The molecule has 1 atom stereocenters. The SMILES string of the molecule is CCOc1nccnc1N1CC[C@H](NC(=O)Cc2c(C)noc2C)C1. The van der Waals surface area contributed by atoms with Crippen molar-refractivity contribution < 1.29 is 14.1 Å². The van der Waals surface area contributed by atoms with E-state index in [1.54, 1.807) is 12.4 Å². The average Bonchev–Trinajstić information content (AvgIpc) is 3.17. The van der Waals surface area contributed by atoms with Crippen LogP contribution in [0.25, 0.3) is 0 Å². The predicted octanol–water partition coefficient (Wildman–Crippen LogP) is 1.42. The van der Waals surface area contributed by atoms with Crippen LogP contribution in [0.2, 0.25) is 0 Å². The van der Waals surface area contributed by atoms with Gasteiger partial charge in [0.2, 0.25) is 5.91 Å². The van der Waals surface area contributed by atoms with E-state index in [2.05, 4.69) is 25.3 Å². The van der Waals surface area contributed by atoms with Gasteiger partial charge in [-0.2, -0.15) is 0 Å². The van der Waals surface area contributed by atoms with E-state index in [1.807, 2.05) is 20.8 Å². The standard InChI is InChI=1S/C17H23N5O3/c1-4-24-17-16(18-6-7-19-17)22-8-5-13(10-22)20-15(23)9-14-11(2)21-25-12(14)3/h6-7,13H,4-5,8-10H2,1-3H3,(H,20,23)/t13-/m0/s1. The molecule has 1 amide bonds. The molecule has 8 nitrogen and oxygen atoms in total. The highest BCUT2D eigenvalue weighted by molar-refractivity contribution is 5.79. The minimum absolute atomic E-state index is 0.0228. The second-order valence-corrected chi connectivity index (χ2v) is 6.10. The molecule has 3 rings (SSSR count). The molecule has 0 saturated carbocycles. The van der Waals surface area contributed by atoms with Gasteiger partial charge in [-0.25, -0.2) is 9.97 Å². The molecule has 0 bridgehead atoms. The number of aryl methyl sites for hydroxylation is 2. The Morgan fingerprint density at radius 2 is 2.20 bits per heavy atom. The van der Waals surface area contributed by atoms with E-state index in [0.717, 1.165) is 30.0 Å². The van der Waals surface area contributed by atoms with Crippen molar-refractivity contribution in [1.29, 1.82) is 0 Å². The van der Waals surface area contributed by atoms with Gasteiger partial charge in [-0.15, -0.1) is 0 Å². The number of carbonyl (C=O) groups excluding carboxylic acids is 1. The maximum Gasteiger partial charge on any atom is 0.257 e. The van der Waals surface area contributed by atoms with E-state index < -0.39 is 0 Å². The Hall–Kier alpha value is -2.64. The molecule has 3 heterocycles. The largest absolute Gasteiger partial charge is 0.475 e. The Labute approximate surface area is 146 Å². The zero-order chi connectivity index (χ0) is 17.8. The van der Waals surface area contributed by atoms with E-state index in [-0.39, 0.29) is 18.4 Å². The summed E-state index contributed by atoms with van der Waals surface area (Å²) in [6.45, 7) is 7.61. The van der Waals surface area contributed by atoms with Gasteiger partial charge in [0.15, 0.2) is 5.82 Å². The molecular weight excluding hydrogens is 322 g/mol. The summed E-state index contributed by atoms with van der Waals surface area (Å²) in [5.41, 5.74) is 1.63. The van der Waals surface area contributed by atoms with Crippen molar-refractivity contribution in [2.45, 2.75) is 39.7 Å². The number of hydrogen-bond donors (Lipinski definition) is 1. The molecule has 1 aliphatic rings. The summed E-state index contributed by atoms with van der Waals surface area (Å²) in [5, 5.41) is 6.97. The molecule has 0 aliphatic carbocycles. The molecule has 0 aromatic carbocycles. The lowest BCUT2D eigenvalue weighted by molar-refractivity contribution is -0.121. The topological polar surface area (TPSA) is 93.4 Å². The van der Waals surface area contributed by atoms with Crippen LogP contribution in [0.5, 0.6) is 5.88 Å². The Morgan fingerprint density at radius 1 is 1.40 bits per heavy atom. The highest BCUT2D eigenvalue weighted by Gasteiger charge is 2.27. The van der Waals surface area contributed by atoms with Crippen LogP contribution >= 0.6 is 0 Å². The summed E-state index contributed by atoms with van der Waals surface area (Å²) in [5.74, 6) is 1.94. The summed E-state index contributed by atoms with van der Waals surface area (Å²) < 4.78 is 10.7. The van der Waals surface area contributed by atoms with Crippen LogP contribution in [0.3, 0.4) is 0 Å². The molecule has 1 aliphatic heterocycles. The first kappa shape index (κ1) is 17.2. The quantitative estimate of drug-likeness (QED) is 0.846. The van der Waals surface area contributed by atoms with Crippen molar-refractivity contribution >= 4 is 11.7 Å². The Kier molecular flexibility index (Phi) is 5.16. The van der Waals surface area contributed by atoms with Gasteiger partial charge in [0.25, 0.3) is 5.88 Å². The molecule has 1 N–H and O–H groups in total. The van der Waals surface area contributed by atoms with E-state index in [4.69, 9.17) is 9.26 Å². The fraction of sp³-hybridized carbons (Fsp3) is 0.529. The van der Waals surface area contributed by atoms with Crippen LogP contribution in [-0.2, 0) is 11.2 Å². The van der Waals surface area contributed by atoms with Crippen LogP contribution in [0.4, 0.5) is 5.82 Å². The van der Waals surface area contributed by atoms with Crippen LogP contribution in [0, 0.1) is 13.8 Å². The average molecular weight is 345 g/mol. The fourth-order valence-electron chi connectivity index (χ4n) is 3.04. The van der Waals surface area contributed by atoms with Gasteiger partial charge >= 0.3 is 0 Å². The van der Waals surface area contributed by atoms with E-state index in [9.17, 15) is 4.79 Å². The molecule has 2 aromatic rings. The predicted molar refractivity (Wildman–Crippen MR) is 91.6 cm³/mol. The Morgan fingerprint density at radius 3 is 2.92 bits per heavy atom. The molecule has 1 fully saturated rings. The zero-order valence-electron chi connectivity index (χ0n) is 14.8. The van der Waals surface area contributed by atoms with E-state index >= 15 is 0 Å². The molecule has 1 saturated heterocycles. The second-order valence-electron chi connectivity index (χ2n) is 6.10. The molecule has 0 spiro atoms. The number of rotatable bonds is 6. The first-order chi connectivity index (χ1) is 12.1. The molecule has 8 heteroatoms. The highest BCUT2D eigenvalue weighted by Crippen LogP contribution is 2.26. The number of anilines is 1. The Bertz CT molecular complexity index is 726. The minimum Gasteiger partial charge on any atom is -0.475 e. The molecular formula is C17H23N5O3. The van der Waals surface area contributed by atoms with E-state index in [1.165, 1.54) is 0 Å². The molecule has 25 heavy (non-hydrogen) atoms. The summed E-state index contributed by atoms with van der Waals surface area (Å²) in [6.07, 6.45) is 4.41. The molecule has 0 unspecified atom stereocenters. The minimum atomic E-state index is -0.0228. The van der Waals surface area contributed by atoms with Crippen molar-refractivity contribution in [3.8, 4) is 5.88 Å². The number of ether oxygens (including phenoxy) is 1. The normalized spacial score (nSPS) is 16.9. The highest BCUT2D eigenvalue weighted by atomic mass is 16.5. The lowest BCUT2D eigenvalue weighted by Crippen LogP contribution is -2.38. The summed E-state index contributed by atoms with van der Waals surface area (Å²) >= 11 is 0. The first-order valence-electron chi connectivity index (χ1n) is 8.48. The van der Waals surface area contributed by atoms with Crippen molar-refractivity contribution in [3.63, 3.8) is 0 Å².